The Balaban J connectivity index is 2.53. The maximum atomic E-state index is 5.94. The van der Waals surface area contributed by atoms with Crippen LogP contribution in [0.2, 0.25) is 0 Å². The second kappa shape index (κ2) is 5.86. The highest BCUT2D eigenvalue weighted by atomic mass is 16.5. The van der Waals surface area contributed by atoms with Crippen LogP contribution in [0.25, 0.3) is 0 Å². The van der Waals surface area contributed by atoms with Gasteiger partial charge in [-0.15, -0.1) is 0 Å². The molecule has 0 bridgehead atoms. The van der Waals surface area contributed by atoms with Gasteiger partial charge < -0.3 is 10.1 Å². The molecule has 15 heavy (non-hydrogen) atoms. The van der Waals surface area contributed by atoms with E-state index in [1.807, 2.05) is 0 Å². The van der Waals surface area contributed by atoms with E-state index in [0.717, 1.165) is 19.1 Å². The summed E-state index contributed by atoms with van der Waals surface area (Å²) in [4.78, 5) is 0. The van der Waals surface area contributed by atoms with Gasteiger partial charge >= 0.3 is 0 Å². The average molecular weight is 213 g/mol. The molecule has 0 aromatic rings. The summed E-state index contributed by atoms with van der Waals surface area (Å²) >= 11 is 0. The van der Waals surface area contributed by atoms with Crippen LogP contribution >= 0.6 is 0 Å². The molecule has 0 aromatic carbocycles. The first kappa shape index (κ1) is 13.0. The van der Waals surface area contributed by atoms with Crippen molar-refractivity contribution in [2.75, 3.05) is 13.2 Å². The molecule has 1 fully saturated rings. The first-order chi connectivity index (χ1) is 7.08. The predicted octanol–water partition coefficient (Wildman–Crippen LogP) is 2.97. The van der Waals surface area contributed by atoms with Crippen molar-refractivity contribution >= 4 is 0 Å². The summed E-state index contributed by atoms with van der Waals surface area (Å²) in [6, 6.07) is 0.528. The fraction of sp³-hybridized carbons (Fsp3) is 1.00. The fourth-order valence-corrected chi connectivity index (χ4v) is 2.41. The van der Waals surface area contributed by atoms with Gasteiger partial charge in [0.05, 0.1) is 5.60 Å². The lowest BCUT2D eigenvalue weighted by Gasteiger charge is -2.35. The van der Waals surface area contributed by atoms with Crippen LogP contribution in [0.1, 0.15) is 53.4 Å². The van der Waals surface area contributed by atoms with E-state index in [1.165, 1.54) is 25.7 Å². The Morgan fingerprint density at radius 1 is 1.40 bits per heavy atom. The molecule has 0 radical (unpaired) electrons. The van der Waals surface area contributed by atoms with Gasteiger partial charge in [-0.25, -0.2) is 0 Å². The van der Waals surface area contributed by atoms with Crippen LogP contribution in [-0.4, -0.2) is 24.8 Å². The second-order valence-corrected chi connectivity index (χ2v) is 5.40. The number of rotatable bonds is 6. The predicted molar refractivity (Wildman–Crippen MR) is 65.1 cm³/mol. The summed E-state index contributed by atoms with van der Waals surface area (Å²) in [6.07, 6.45) is 4.85. The van der Waals surface area contributed by atoms with Crippen LogP contribution in [0.5, 0.6) is 0 Å². The van der Waals surface area contributed by atoms with Crippen molar-refractivity contribution in [3.05, 3.63) is 0 Å². The number of hydrogen-bond acceptors (Lipinski definition) is 2. The minimum Gasteiger partial charge on any atom is -0.374 e. The number of ether oxygens (including phenoxy) is 1. The summed E-state index contributed by atoms with van der Waals surface area (Å²) in [5.74, 6) is 0.736. The Morgan fingerprint density at radius 3 is 2.60 bits per heavy atom. The molecule has 2 atom stereocenters. The number of hydrogen-bond donors (Lipinski definition) is 1. The van der Waals surface area contributed by atoms with Gasteiger partial charge in [0.1, 0.15) is 0 Å². The quantitative estimate of drug-likeness (QED) is 0.732. The highest BCUT2D eigenvalue weighted by Crippen LogP contribution is 2.31. The third-order valence-electron chi connectivity index (χ3n) is 3.33. The molecular weight excluding hydrogens is 186 g/mol. The molecular formula is C13H27NO. The van der Waals surface area contributed by atoms with Crippen molar-refractivity contribution in [3.63, 3.8) is 0 Å². The summed E-state index contributed by atoms with van der Waals surface area (Å²) in [5, 5.41) is 3.66. The van der Waals surface area contributed by atoms with Gasteiger partial charge in [-0.2, -0.15) is 0 Å². The van der Waals surface area contributed by atoms with E-state index in [4.69, 9.17) is 4.74 Å². The summed E-state index contributed by atoms with van der Waals surface area (Å²) < 4.78 is 5.94. The lowest BCUT2D eigenvalue weighted by molar-refractivity contribution is -0.0169. The van der Waals surface area contributed by atoms with E-state index in [0.29, 0.717) is 6.04 Å². The van der Waals surface area contributed by atoms with Gasteiger partial charge in [-0.1, -0.05) is 20.8 Å². The molecule has 1 aliphatic rings. The van der Waals surface area contributed by atoms with Crippen molar-refractivity contribution in [3.8, 4) is 0 Å². The standard InChI is InChI=1S/C13H27NO/c1-5-8-14-12(10-11(2)3)13(4)7-6-9-15-13/h11-12,14H,5-10H2,1-4H3. The van der Waals surface area contributed by atoms with Crippen molar-refractivity contribution in [2.24, 2.45) is 5.92 Å². The highest BCUT2D eigenvalue weighted by Gasteiger charge is 2.37. The molecule has 1 saturated heterocycles. The zero-order valence-corrected chi connectivity index (χ0v) is 10.8. The summed E-state index contributed by atoms with van der Waals surface area (Å²) in [7, 11) is 0. The SMILES string of the molecule is CCCNC(CC(C)C)C1(C)CCCO1. The largest absolute Gasteiger partial charge is 0.374 e. The van der Waals surface area contributed by atoms with Crippen LogP contribution in [-0.2, 0) is 4.74 Å². The van der Waals surface area contributed by atoms with Gasteiger partial charge in [0.2, 0.25) is 0 Å². The van der Waals surface area contributed by atoms with Crippen molar-refractivity contribution in [1.82, 2.24) is 5.32 Å². The molecule has 0 saturated carbocycles. The Morgan fingerprint density at radius 2 is 2.13 bits per heavy atom. The van der Waals surface area contributed by atoms with Crippen LogP contribution in [0.3, 0.4) is 0 Å². The summed E-state index contributed by atoms with van der Waals surface area (Å²) in [5.41, 5.74) is 0.0828. The first-order valence-corrected chi connectivity index (χ1v) is 6.46. The minimum absolute atomic E-state index is 0.0828. The van der Waals surface area contributed by atoms with Gasteiger partial charge in [0.25, 0.3) is 0 Å². The lowest BCUT2D eigenvalue weighted by atomic mass is 9.87. The zero-order valence-electron chi connectivity index (χ0n) is 10.8. The normalized spacial score (nSPS) is 28.6. The highest BCUT2D eigenvalue weighted by molar-refractivity contribution is 4.92. The van der Waals surface area contributed by atoms with Crippen LogP contribution < -0.4 is 5.32 Å². The van der Waals surface area contributed by atoms with Crippen LogP contribution in [0.4, 0.5) is 0 Å². The Bertz CT molecular complexity index is 173. The van der Waals surface area contributed by atoms with E-state index < -0.39 is 0 Å². The third-order valence-corrected chi connectivity index (χ3v) is 3.33. The topological polar surface area (TPSA) is 21.3 Å². The molecule has 2 nitrogen and oxygen atoms in total. The third kappa shape index (κ3) is 3.76. The van der Waals surface area contributed by atoms with E-state index in [9.17, 15) is 0 Å². The summed E-state index contributed by atoms with van der Waals surface area (Å²) in [6.45, 7) is 11.1. The lowest BCUT2D eigenvalue weighted by Crippen LogP contribution is -2.49. The smallest absolute Gasteiger partial charge is 0.0807 e. The van der Waals surface area contributed by atoms with Gasteiger partial charge in [0, 0.05) is 12.6 Å². The molecule has 1 N–H and O–H groups in total. The van der Waals surface area contributed by atoms with E-state index in [2.05, 4.69) is 33.0 Å². The molecule has 90 valence electrons. The first-order valence-electron chi connectivity index (χ1n) is 6.46. The van der Waals surface area contributed by atoms with Gasteiger partial charge in [0.15, 0.2) is 0 Å². The number of nitrogens with one attached hydrogen (secondary N) is 1. The minimum atomic E-state index is 0.0828. The maximum Gasteiger partial charge on any atom is 0.0807 e. The van der Waals surface area contributed by atoms with Gasteiger partial charge in [-0.3, -0.25) is 0 Å². The van der Waals surface area contributed by atoms with Gasteiger partial charge in [-0.05, 0) is 45.1 Å². The average Bonchev–Trinajstić information content (AvgIpc) is 2.60. The molecule has 0 aliphatic carbocycles. The fourth-order valence-electron chi connectivity index (χ4n) is 2.41. The van der Waals surface area contributed by atoms with E-state index >= 15 is 0 Å². The molecule has 1 heterocycles. The Labute approximate surface area is 94.8 Å². The van der Waals surface area contributed by atoms with Crippen LogP contribution in [0.15, 0.2) is 0 Å². The Hall–Kier alpha value is -0.0800. The van der Waals surface area contributed by atoms with E-state index in [-0.39, 0.29) is 5.60 Å². The molecule has 1 rings (SSSR count). The molecule has 0 aromatic heterocycles. The zero-order chi connectivity index (χ0) is 11.3. The monoisotopic (exact) mass is 213 g/mol. The second-order valence-electron chi connectivity index (χ2n) is 5.40. The van der Waals surface area contributed by atoms with Crippen molar-refractivity contribution in [1.29, 1.82) is 0 Å². The van der Waals surface area contributed by atoms with Crippen LogP contribution in [0, 0.1) is 5.92 Å². The molecule has 0 amide bonds. The van der Waals surface area contributed by atoms with Crippen molar-refractivity contribution in [2.45, 2.75) is 65.0 Å². The molecule has 1 aliphatic heterocycles. The molecule has 2 unspecified atom stereocenters. The molecule has 2 heteroatoms. The maximum absolute atomic E-state index is 5.94. The molecule has 0 spiro atoms. The van der Waals surface area contributed by atoms with E-state index in [1.54, 1.807) is 0 Å². The Kier molecular flexibility index (Phi) is 5.07. The van der Waals surface area contributed by atoms with Crippen molar-refractivity contribution < 1.29 is 4.74 Å².